The van der Waals surface area contributed by atoms with E-state index in [-0.39, 0.29) is 5.69 Å². The number of benzene rings is 1. The van der Waals surface area contributed by atoms with Crippen molar-refractivity contribution >= 4 is 5.97 Å². The van der Waals surface area contributed by atoms with Gasteiger partial charge in [-0.05, 0) is 31.5 Å². The van der Waals surface area contributed by atoms with E-state index >= 15 is 0 Å². The minimum absolute atomic E-state index is 0.0889. The number of rotatable bonds is 3. The van der Waals surface area contributed by atoms with Gasteiger partial charge in [0, 0.05) is 24.4 Å². The zero-order chi connectivity index (χ0) is 15.1. The Morgan fingerprint density at radius 3 is 2.40 bits per heavy atom. The summed E-state index contributed by atoms with van der Waals surface area (Å²) in [5.41, 5.74) is 0.229. The fourth-order valence-electron chi connectivity index (χ4n) is 2.05. The molecule has 1 aromatic carbocycles. The number of aromatic carboxylic acids is 1. The number of aliphatic hydroxyl groups is 1. The highest BCUT2D eigenvalue weighted by Crippen LogP contribution is 2.28. The van der Waals surface area contributed by atoms with Crippen LogP contribution in [0.25, 0.3) is 11.1 Å². The number of halogens is 1. The maximum absolute atomic E-state index is 14.1. The highest BCUT2D eigenvalue weighted by atomic mass is 19.1. The van der Waals surface area contributed by atoms with Gasteiger partial charge in [-0.15, -0.1) is 0 Å². The molecule has 4 nitrogen and oxygen atoms in total. The Bertz CT molecular complexity index is 668. The summed E-state index contributed by atoms with van der Waals surface area (Å²) >= 11 is 0. The van der Waals surface area contributed by atoms with E-state index in [1.165, 1.54) is 16.7 Å². The van der Waals surface area contributed by atoms with Crippen molar-refractivity contribution in [2.45, 2.75) is 19.4 Å². The number of carbonyl (C=O) groups is 1. The molecule has 0 saturated heterocycles. The molecule has 0 bridgehead atoms. The molecule has 0 fully saturated rings. The maximum Gasteiger partial charge on any atom is 0.352 e. The highest BCUT2D eigenvalue weighted by molar-refractivity contribution is 5.88. The van der Waals surface area contributed by atoms with Crippen molar-refractivity contribution in [3.63, 3.8) is 0 Å². The molecule has 2 N–H and O–H groups in total. The number of nitrogens with zero attached hydrogens (tertiary/aromatic N) is 1. The molecule has 20 heavy (non-hydrogen) atoms. The van der Waals surface area contributed by atoms with Crippen LogP contribution in [0.1, 0.15) is 29.9 Å². The van der Waals surface area contributed by atoms with Gasteiger partial charge in [-0.2, -0.15) is 0 Å². The zero-order valence-corrected chi connectivity index (χ0v) is 11.5. The van der Waals surface area contributed by atoms with E-state index in [1.54, 1.807) is 39.2 Å². The van der Waals surface area contributed by atoms with E-state index in [0.29, 0.717) is 16.7 Å². The normalized spacial score (nSPS) is 11.7. The molecule has 0 aliphatic carbocycles. The van der Waals surface area contributed by atoms with Crippen LogP contribution >= 0.6 is 0 Å². The lowest BCUT2D eigenvalue weighted by molar-refractivity contribution is 0.0686. The molecule has 0 unspecified atom stereocenters. The van der Waals surface area contributed by atoms with Crippen LogP contribution in [-0.4, -0.2) is 20.7 Å². The molecule has 0 radical (unpaired) electrons. The van der Waals surface area contributed by atoms with Crippen molar-refractivity contribution in [3.8, 4) is 11.1 Å². The first-order valence-electron chi connectivity index (χ1n) is 6.12. The maximum atomic E-state index is 14.1. The minimum Gasteiger partial charge on any atom is -0.477 e. The Balaban J connectivity index is 2.49. The van der Waals surface area contributed by atoms with Gasteiger partial charge in [-0.3, -0.25) is 0 Å². The fourth-order valence-corrected chi connectivity index (χ4v) is 2.05. The van der Waals surface area contributed by atoms with Crippen LogP contribution < -0.4 is 0 Å². The molecule has 0 atom stereocenters. The second kappa shape index (κ2) is 4.76. The number of hydrogen-bond donors (Lipinski definition) is 2. The third-order valence-corrected chi connectivity index (χ3v) is 3.21. The van der Waals surface area contributed by atoms with Crippen molar-refractivity contribution < 1.29 is 19.4 Å². The first-order valence-corrected chi connectivity index (χ1v) is 6.12. The largest absolute Gasteiger partial charge is 0.477 e. The molecule has 0 spiro atoms. The Labute approximate surface area is 116 Å². The quantitative estimate of drug-likeness (QED) is 0.906. The Morgan fingerprint density at radius 2 is 1.95 bits per heavy atom. The van der Waals surface area contributed by atoms with Gasteiger partial charge in [0.2, 0.25) is 0 Å². The second-order valence-electron chi connectivity index (χ2n) is 5.28. The lowest BCUT2D eigenvalue weighted by Crippen LogP contribution is -2.15. The van der Waals surface area contributed by atoms with Gasteiger partial charge < -0.3 is 14.8 Å². The Morgan fingerprint density at radius 1 is 1.30 bits per heavy atom. The first-order chi connectivity index (χ1) is 9.20. The van der Waals surface area contributed by atoms with Gasteiger partial charge >= 0.3 is 5.97 Å². The summed E-state index contributed by atoms with van der Waals surface area (Å²) in [4.78, 5) is 11.0. The van der Waals surface area contributed by atoms with Gasteiger partial charge in [-0.1, -0.05) is 12.1 Å². The van der Waals surface area contributed by atoms with Crippen molar-refractivity contribution in [2.24, 2.45) is 7.05 Å². The predicted octanol–water partition coefficient (Wildman–Crippen LogP) is 2.76. The lowest BCUT2D eigenvalue weighted by Gasteiger charge is -2.18. The first kappa shape index (κ1) is 14.3. The van der Waals surface area contributed by atoms with Crippen molar-refractivity contribution in [2.75, 3.05) is 0 Å². The van der Waals surface area contributed by atoms with Crippen LogP contribution in [0.2, 0.25) is 0 Å². The van der Waals surface area contributed by atoms with Crippen LogP contribution in [0.5, 0.6) is 0 Å². The predicted molar refractivity (Wildman–Crippen MR) is 73.0 cm³/mol. The summed E-state index contributed by atoms with van der Waals surface area (Å²) in [7, 11) is 1.59. The molecule has 1 aromatic heterocycles. The van der Waals surface area contributed by atoms with Crippen LogP contribution in [0.15, 0.2) is 30.5 Å². The number of hydrogen-bond acceptors (Lipinski definition) is 2. The monoisotopic (exact) mass is 277 g/mol. The summed E-state index contributed by atoms with van der Waals surface area (Å²) in [5, 5.41) is 18.8. The topological polar surface area (TPSA) is 62.5 Å². The second-order valence-corrected chi connectivity index (χ2v) is 5.28. The molecule has 0 amide bonds. The van der Waals surface area contributed by atoms with Crippen LogP contribution in [0.3, 0.4) is 0 Å². The summed E-state index contributed by atoms with van der Waals surface area (Å²) in [6.07, 6.45) is 1.56. The zero-order valence-electron chi connectivity index (χ0n) is 11.5. The van der Waals surface area contributed by atoms with E-state index in [2.05, 4.69) is 0 Å². The summed E-state index contributed by atoms with van der Waals surface area (Å²) in [6, 6.07) is 5.86. The Kier molecular flexibility index (Phi) is 3.39. The number of aryl methyl sites for hydroxylation is 1. The summed E-state index contributed by atoms with van der Waals surface area (Å²) in [5.74, 6) is -1.56. The van der Waals surface area contributed by atoms with E-state index in [9.17, 15) is 14.3 Å². The summed E-state index contributed by atoms with van der Waals surface area (Å²) in [6.45, 7) is 3.15. The molecule has 106 valence electrons. The number of aromatic nitrogens is 1. The SMILES string of the molecule is Cn1cc(-c2ccc(C(C)(C)O)cc2F)cc1C(=O)O. The van der Waals surface area contributed by atoms with Crippen LogP contribution in [0, 0.1) is 5.82 Å². The molecule has 0 aliphatic heterocycles. The van der Waals surface area contributed by atoms with Crippen LogP contribution in [-0.2, 0) is 12.6 Å². The molecule has 0 saturated carbocycles. The average Bonchev–Trinajstić information content (AvgIpc) is 2.69. The van der Waals surface area contributed by atoms with Crippen molar-refractivity contribution in [3.05, 3.63) is 47.5 Å². The van der Waals surface area contributed by atoms with Crippen LogP contribution in [0.4, 0.5) is 4.39 Å². The van der Waals surface area contributed by atoms with Crippen molar-refractivity contribution in [1.82, 2.24) is 4.57 Å². The van der Waals surface area contributed by atoms with E-state index in [0.717, 1.165) is 0 Å². The lowest BCUT2D eigenvalue weighted by atomic mass is 9.95. The number of carboxylic acids is 1. The van der Waals surface area contributed by atoms with Gasteiger partial charge in [0.25, 0.3) is 0 Å². The highest BCUT2D eigenvalue weighted by Gasteiger charge is 2.19. The van der Waals surface area contributed by atoms with Gasteiger partial charge in [-0.25, -0.2) is 9.18 Å². The average molecular weight is 277 g/mol. The number of carboxylic acid groups (broad SMARTS) is 1. The molecule has 5 heteroatoms. The van der Waals surface area contributed by atoms with Gasteiger partial charge in [0.05, 0.1) is 5.60 Å². The smallest absolute Gasteiger partial charge is 0.352 e. The third kappa shape index (κ3) is 2.58. The molecule has 2 aromatic rings. The molecule has 0 aliphatic rings. The standard InChI is InChI=1S/C15H16FNO3/c1-15(2,20)10-4-5-11(12(16)7-10)9-6-13(14(18)19)17(3)8-9/h4-8,20H,1-3H3,(H,18,19). The molecule has 1 heterocycles. The third-order valence-electron chi connectivity index (χ3n) is 3.21. The van der Waals surface area contributed by atoms with Gasteiger partial charge in [0.15, 0.2) is 0 Å². The van der Waals surface area contributed by atoms with E-state index in [1.807, 2.05) is 0 Å². The molecular weight excluding hydrogens is 261 g/mol. The fraction of sp³-hybridized carbons (Fsp3) is 0.267. The minimum atomic E-state index is -1.12. The van der Waals surface area contributed by atoms with Gasteiger partial charge in [0.1, 0.15) is 11.5 Å². The van der Waals surface area contributed by atoms with Crippen molar-refractivity contribution in [1.29, 1.82) is 0 Å². The van der Waals surface area contributed by atoms with E-state index in [4.69, 9.17) is 5.11 Å². The molecule has 2 rings (SSSR count). The molecular formula is C15H16FNO3. The Hall–Kier alpha value is -2.14. The summed E-state index contributed by atoms with van der Waals surface area (Å²) < 4.78 is 15.6. The van der Waals surface area contributed by atoms with E-state index < -0.39 is 17.4 Å².